The molecular weight excluding hydrogens is 324 g/mol. The molecule has 1 unspecified atom stereocenters. The summed E-state index contributed by atoms with van der Waals surface area (Å²) in [6, 6.07) is 2.52. The molecule has 1 N–H and O–H groups in total. The molecule has 0 saturated carbocycles. The largest absolute Gasteiger partial charge is 0.387 e. The number of nitrogens with zero attached hydrogens (tertiary/aromatic N) is 2. The van der Waals surface area contributed by atoms with Gasteiger partial charge in [-0.15, -0.1) is 0 Å². The van der Waals surface area contributed by atoms with Gasteiger partial charge in [0, 0.05) is 24.7 Å². The molecule has 0 spiro atoms. The lowest BCUT2D eigenvalue weighted by Crippen LogP contribution is -2.36. The highest BCUT2D eigenvalue weighted by molar-refractivity contribution is 7.93. The second-order valence-electron chi connectivity index (χ2n) is 6.24. The van der Waals surface area contributed by atoms with Crippen LogP contribution in [0.1, 0.15) is 25.5 Å². The van der Waals surface area contributed by atoms with Gasteiger partial charge in [-0.25, -0.2) is 8.42 Å². The van der Waals surface area contributed by atoms with E-state index in [4.69, 9.17) is 4.74 Å². The fraction of sp³-hybridized carbons (Fsp3) is 0.571. The molecule has 0 aromatic heterocycles. The highest BCUT2D eigenvalue weighted by Crippen LogP contribution is 2.49. The summed E-state index contributed by atoms with van der Waals surface area (Å²) in [6.07, 6.45) is -1.29. The van der Waals surface area contributed by atoms with E-state index in [1.807, 2.05) is 0 Å². The Hall–Kier alpha value is -1.71. The lowest BCUT2D eigenvalue weighted by Gasteiger charge is -2.28. The Morgan fingerprint density at radius 3 is 2.52 bits per heavy atom. The topological polar surface area (TPSA) is 110 Å². The van der Waals surface area contributed by atoms with Gasteiger partial charge in [0.2, 0.25) is 0 Å². The number of aliphatic hydroxyl groups excluding tert-OH is 1. The number of hydrogen-bond donors (Lipinski definition) is 1. The smallest absolute Gasteiger partial charge is 0.292 e. The van der Waals surface area contributed by atoms with Gasteiger partial charge < -0.3 is 14.7 Å². The Labute approximate surface area is 133 Å². The summed E-state index contributed by atoms with van der Waals surface area (Å²) in [5, 5.41) is 21.7. The number of sulfone groups is 1. The molecule has 1 saturated heterocycles. The standard InChI is InChI=1S/C14H18N2O6S/c1-14(2)13(17)9-7-11(16(18)19)10(8-12(9)23(14,20)21)15-3-5-22-6-4-15/h7-8,13,17H,3-6H2,1-2H3. The van der Waals surface area contributed by atoms with Crippen LogP contribution < -0.4 is 4.90 Å². The molecule has 3 rings (SSSR count). The first kappa shape index (κ1) is 16.2. The van der Waals surface area contributed by atoms with Crippen LogP contribution in [-0.4, -0.2) is 49.5 Å². The van der Waals surface area contributed by atoms with Crippen molar-refractivity contribution in [3.05, 3.63) is 27.8 Å². The number of benzene rings is 1. The van der Waals surface area contributed by atoms with E-state index in [0.717, 1.165) is 0 Å². The van der Waals surface area contributed by atoms with Gasteiger partial charge in [0.05, 0.1) is 29.1 Å². The maximum Gasteiger partial charge on any atom is 0.292 e. The number of hydrogen-bond acceptors (Lipinski definition) is 7. The van der Waals surface area contributed by atoms with Crippen molar-refractivity contribution in [3.8, 4) is 0 Å². The minimum atomic E-state index is -3.77. The van der Waals surface area contributed by atoms with Crippen LogP contribution in [0, 0.1) is 10.1 Å². The molecule has 0 radical (unpaired) electrons. The predicted octanol–water partition coefficient (Wildman–Crippen LogP) is 1.03. The summed E-state index contributed by atoms with van der Waals surface area (Å²) in [6.45, 7) is 4.60. The third-order valence-corrected chi connectivity index (χ3v) is 7.13. The van der Waals surface area contributed by atoms with Crippen LogP contribution in [0.25, 0.3) is 0 Å². The van der Waals surface area contributed by atoms with Gasteiger partial charge in [0.15, 0.2) is 9.84 Å². The third-order valence-electron chi connectivity index (χ3n) is 4.59. The molecule has 8 nitrogen and oxygen atoms in total. The van der Waals surface area contributed by atoms with Crippen molar-refractivity contribution in [2.75, 3.05) is 31.2 Å². The maximum atomic E-state index is 12.7. The molecule has 0 bridgehead atoms. The van der Waals surface area contributed by atoms with E-state index in [0.29, 0.717) is 26.3 Å². The monoisotopic (exact) mass is 342 g/mol. The average molecular weight is 342 g/mol. The van der Waals surface area contributed by atoms with Crippen molar-refractivity contribution < 1.29 is 23.2 Å². The van der Waals surface area contributed by atoms with Crippen LogP contribution in [0.3, 0.4) is 0 Å². The lowest BCUT2D eigenvalue weighted by molar-refractivity contribution is -0.384. The van der Waals surface area contributed by atoms with Crippen molar-refractivity contribution in [3.63, 3.8) is 0 Å². The molecule has 1 aromatic carbocycles. The number of aliphatic hydroxyl groups is 1. The zero-order valence-corrected chi connectivity index (χ0v) is 13.7. The number of ether oxygens (including phenoxy) is 1. The summed E-state index contributed by atoms with van der Waals surface area (Å²) >= 11 is 0. The van der Waals surface area contributed by atoms with Crippen molar-refractivity contribution in [1.29, 1.82) is 0 Å². The normalized spacial score (nSPS) is 25.2. The van der Waals surface area contributed by atoms with Crippen LogP contribution in [0.15, 0.2) is 17.0 Å². The maximum absolute atomic E-state index is 12.7. The first-order valence-electron chi connectivity index (χ1n) is 7.25. The quantitative estimate of drug-likeness (QED) is 0.631. The van der Waals surface area contributed by atoms with E-state index < -0.39 is 25.6 Å². The second kappa shape index (κ2) is 5.15. The Morgan fingerprint density at radius 2 is 1.96 bits per heavy atom. The molecule has 2 heterocycles. The summed E-state index contributed by atoms with van der Waals surface area (Å²) < 4.78 is 29.1. The predicted molar refractivity (Wildman–Crippen MR) is 82.4 cm³/mol. The van der Waals surface area contributed by atoms with E-state index in [2.05, 4.69) is 0 Å². The highest BCUT2D eigenvalue weighted by atomic mass is 32.2. The molecule has 0 aliphatic carbocycles. The molecular formula is C14H18N2O6S. The lowest BCUT2D eigenvalue weighted by atomic mass is 9.98. The minimum absolute atomic E-state index is 0.0258. The summed E-state index contributed by atoms with van der Waals surface area (Å²) in [7, 11) is -3.77. The van der Waals surface area contributed by atoms with Crippen molar-refractivity contribution >= 4 is 21.2 Å². The van der Waals surface area contributed by atoms with Gasteiger partial charge in [0.1, 0.15) is 10.4 Å². The Bertz CT molecular complexity index is 768. The van der Waals surface area contributed by atoms with Crippen LogP contribution in [0.2, 0.25) is 0 Å². The van der Waals surface area contributed by atoms with E-state index in [9.17, 15) is 23.6 Å². The minimum Gasteiger partial charge on any atom is -0.387 e. The van der Waals surface area contributed by atoms with Gasteiger partial charge in [-0.1, -0.05) is 0 Å². The fourth-order valence-electron chi connectivity index (χ4n) is 3.03. The zero-order chi connectivity index (χ0) is 17.0. The van der Waals surface area contributed by atoms with Crippen molar-refractivity contribution in [2.45, 2.75) is 29.6 Å². The molecule has 2 aliphatic heterocycles. The number of morpholine rings is 1. The van der Waals surface area contributed by atoms with E-state index in [1.165, 1.54) is 26.0 Å². The molecule has 1 atom stereocenters. The van der Waals surface area contributed by atoms with Gasteiger partial charge >= 0.3 is 0 Å². The van der Waals surface area contributed by atoms with Crippen molar-refractivity contribution in [2.24, 2.45) is 0 Å². The number of nitro groups is 1. The van der Waals surface area contributed by atoms with Gasteiger partial charge in [0.25, 0.3) is 5.69 Å². The first-order valence-corrected chi connectivity index (χ1v) is 8.74. The van der Waals surface area contributed by atoms with Gasteiger partial charge in [-0.05, 0) is 19.9 Å². The fourth-order valence-corrected chi connectivity index (χ4v) is 4.76. The van der Waals surface area contributed by atoms with Gasteiger partial charge in [-0.2, -0.15) is 0 Å². The summed E-state index contributed by atoms with van der Waals surface area (Å²) in [5.41, 5.74) is 0.154. The summed E-state index contributed by atoms with van der Waals surface area (Å²) in [5.74, 6) is 0. The Morgan fingerprint density at radius 1 is 1.35 bits per heavy atom. The molecule has 1 fully saturated rings. The van der Waals surface area contributed by atoms with E-state index in [-0.39, 0.29) is 21.8 Å². The molecule has 0 amide bonds. The summed E-state index contributed by atoms with van der Waals surface area (Å²) in [4.78, 5) is 12.6. The van der Waals surface area contributed by atoms with E-state index in [1.54, 1.807) is 4.90 Å². The van der Waals surface area contributed by atoms with E-state index >= 15 is 0 Å². The van der Waals surface area contributed by atoms with Crippen LogP contribution >= 0.6 is 0 Å². The molecule has 2 aliphatic rings. The average Bonchev–Trinajstić information content (AvgIpc) is 2.65. The Balaban J connectivity index is 2.22. The Kier molecular flexibility index (Phi) is 3.62. The molecule has 23 heavy (non-hydrogen) atoms. The van der Waals surface area contributed by atoms with Crippen LogP contribution in [0.4, 0.5) is 11.4 Å². The highest BCUT2D eigenvalue weighted by Gasteiger charge is 2.52. The molecule has 126 valence electrons. The van der Waals surface area contributed by atoms with Crippen LogP contribution in [-0.2, 0) is 14.6 Å². The van der Waals surface area contributed by atoms with Gasteiger partial charge in [-0.3, -0.25) is 10.1 Å². The van der Waals surface area contributed by atoms with Crippen molar-refractivity contribution in [1.82, 2.24) is 0 Å². The number of nitro benzene ring substituents is 1. The number of anilines is 1. The third kappa shape index (κ3) is 2.22. The molecule has 9 heteroatoms. The number of rotatable bonds is 2. The number of fused-ring (bicyclic) bond motifs is 1. The SMILES string of the molecule is CC1(C)C(O)c2cc([N+](=O)[O-])c(N3CCOCC3)cc2S1(=O)=O. The van der Waals surface area contributed by atoms with Crippen LogP contribution in [0.5, 0.6) is 0 Å². The zero-order valence-electron chi connectivity index (χ0n) is 12.9. The molecule has 1 aromatic rings. The first-order chi connectivity index (χ1) is 10.7. The second-order valence-corrected chi connectivity index (χ2v) is 8.74.